The first-order chi connectivity index (χ1) is 16.1. The Morgan fingerprint density at radius 3 is 2.33 bits per heavy atom. The van der Waals surface area contributed by atoms with E-state index >= 15 is 0 Å². The molecule has 2 aromatic rings. The Hall–Kier alpha value is -4.45. The van der Waals surface area contributed by atoms with Crippen molar-refractivity contribution in [2.45, 2.75) is 12.0 Å². The van der Waals surface area contributed by atoms with Gasteiger partial charge in [-0.25, -0.2) is 14.8 Å². The zero-order valence-electron chi connectivity index (χ0n) is 17.6. The first kappa shape index (κ1) is 19.3. The maximum absolute atomic E-state index is 12.0. The number of carbonyl (C=O) groups is 1. The van der Waals surface area contributed by atoms with E-state index in [0.29, 0.717) is 12.0 Å². The number of aromatic amines is 1. The van der Waals surface area contributed by atoms with E-state index in [0.717, 1.165) is 39.2 Å². The van der Waals surface area contributed by atoms with Crippen LogP contribution in [0.2, 0.25) is 0 Å². The first-order valence-electron chi connectivity index (χ1n) is 10.7. The number of hydrogen-bond acceptors (Lipinski definition) is 4. The lowest BCUT2D eigenvalue weighted by atomic mass is 9.84. The van der Waals surface area contributed by atoms with Crippen molar-refractivity contribution in [2.24, 2.45) is 9.98 Å². The van der Waals surface area contributed by atoms with Crippen LogP contribution in [0.15, 0.2) is 106 Å². The summed E-state index contributed by atoms with van der Waals surface area (Å²) in [5.41, 5.74) is 4.43. The van der Waals surface area contributed by atoms with Crippen LogP contribution in [0.5, 0.6) is 0 Å². The number of carboxylic acids is 1. The van der Waals surface area contributed by atoms with Gasteiger partial charge in [0.1, 0.15) is 0 Å². The molecule has 0 radical (unpaired) electrons. The fourth-order valence-corrected chi connectivity index (χ4v) is 4.57. The Labute approximate surface area is 189 Å². The van der Waals surface area contributed by atoms with Gasteiger partial charge in [-0.1, -0.05) is 24.3 Å². The van der Waals surface area contributed by atoms with Crippen molar-refractivity contribution in [1.82, 2.24) is 10.3 Å². The maximum Gasteiger partial charge on any atom is 0.336 e. The Bertz CT molecular complexity index is 1540. The van der Waals surface area contributed by atoms with Gasteiger partial charge in [-0.3, -0.25) is 0 Å². The number of carboxylic acid groups (broad SMARTS) is 1. The molecule has 6 rings (SSSR count). The molecule has 0 saturated carbocycles. The Morgan fingerprint density at radius 1 is 0.879 bits per heavy atom. The monoisotopic (exact) mass is 432 g/mol. The third kappa shape index (κ3) is 3.51. The molecule has 1 atom stereocenters. The van der Waals surface area contributed by atoms with E-state index < -0.39 is 11.5 Å². The van der Waals surface area contributed by atoms with Crippen LogP contribution in [0.25, 0.3) is 12.2 Å². The molecule has 3 N–H and O–H groups in total. The van der Waals surface area contributed by atoms with Gasteiger partial charge in [-0.05, 0) is 78.8 Å². The molecule has 1 aromatic heterocycles. The van der Waals surface area contributed by atoms with Gasteiger partial charge in [-0.15, -0.1) is 0 Å². The van der Waals surface area contributed by atoms with Crippen molar-refractivity contribution in [3.8, 4) is 0 Å². The smallest absolute Gasteiger partial charge is 0.336 e. The average molecular weight is 432 g/mol. The highest BCUT2D eigenvalue weighted by molar-refractivity contribution is 6.20. The number of aromatic nitrogens is 1. The molecule has 33 heavy (non-hydrogen) atoms. The largest absolute Gasteiger partial charge is 0.478 e. The molecule has 1 aromatic carbocycles. The van der Waals surface area contributed by atoms with Crippen LogP contribution in [0, 0.1) is 0 Å². The molecule has 4 aliphatic rings. The van der Waals surface area contributed by atoms with Crippen molar-refractivity contribution in [1.29, 1.82) is 0 Å². The lowest BCUT2D eigenvalue weighted by molar-refractivity contribution is 0.0694. The standard InChI is InChI=1S/C27H20N4O2/c32-26(33)24-3-1-2-4-25(24)27-12-11-22(31-27)15-21-8-7-18(29-21)13-17-5-6-19(28-17)14-20-9-10-23(16-27)30-20/h1-11,13-16,28,31H,12H2,(H,32,33). The number of hydrogen-bond donors (Lipinski definition) is 3. The summed E-state index contributed by atoms with van der Waals surface area (Å²) in [6.45, 7) is 0. The number of nitrogens with one attached hydrogen (secondary N) is 2. The van der Waals surface area contributed by atoms with Crippen LogP contribution >= 0.6 is 0 Å². The second-order valence-electron chi connectivity index (χ2n) is 8.35. The molecular weight excluding hydrogens is 412 g/mol. The van der Waals surface area contributed by atoms with Crippen molar-refractivity contribution in [3.05, 3.63) is 118 Å². The van der Waals surface area contributed by atoms with E-state index in [4.69, 9.17) is 9.98 Å². The van der Waals surface area contributed by atoms with Crippen LogP contribution in [0.3, 0.4) is 0 Å². The fourth-order valence-electron chi connectivity index (χ4n) is 4.57. The molecule has 8 bridgehead atoms. The molecule has 0 amide bonds. The van der Waals surface area contributed by atoms with Gasteiger partial charge < -0.3 is 15.4 Å². The minimum atomic E-state index is -0.954. The summed E-state index contributed by atoms with van der Waals surface area (Å²) in [5, 5.41) is 15.4. The van der Waals surface area contributed by atoms with Gasteiger partial charge in [0.05, 0.1) is 33.9 Å². The van der Waals surface area contributed by atoms with E-state index in [1.807, 2.05) is 72.9 Å². The van der Waals surface area contributed by atoms with E-state index in [9.17, 15) is 9.90 Å². The van der Waals surface area contributed by atoms with Crippen molar-refractivity contribution >= 4 is 29.5 Å². The predicted molar refractivity (Wildman–Crippen MR) is 129 cm³/mol. The van der Waals surface area contributed by atoms with Gasteiger partial charge in [-0.2, -0.15) is 0 Å². The first-order valence-corrected chi connectivity index (χ1v) is 10.7. The van der Waals surface area contributed by atoms with Crippen LogP contribution in [0.4, 0.5) is 0 Å². The predicted octanol–water partition coefficient (Wildman–Crippen LogP) is 2.85. The maximum atomic E-state index is 12.0. The molecule has 0 spiro atoms. The normalized spacial score (nSPS) is 22.4. The topological polar surface area (TPSA) is 89.8 Å². The summed E-state index contributed by atoms with van der Waals surface area (Å²) < 4.78 is 0. The lowest BCUT2D eigenvalue weighted by Gasteiger charge is -2.30. The van der Waals surface area contributed by atoms with Gasteiger partial charge in [0.2, 0.25) is 0 Å². The summed E-state index contributed by atoms with van der Waals surface area (Å²) >= 11 is 0. The minimum absolute atomic E-state index is 0.269. The molecule has 0 aliphatic carbocycles. The third-order valence-corrected chi connectivity index (χ3v) is 6.05. The summed E-state index contributed by atoms with van der Waals surface area (Å²) in [6.07, 6.45) is 18.5. The van der Waals surface area contributed by atoms with E-state index in [1.54, 1.807) is 12.1 Å². The molecule has 160 valence electrons. The van der Waals surface area contributed by atoms with Crippen LogP contribution in [0.1, 0.15) is 22.3 Å². The van der Waals surface area contributed by atoms with Gasteiger partial charge in [0, 0.05) is 16.4 Å². The minimum Gasteiger partial charge on any atom is -0.478 e. The Morgan fingerprint density at radius 2 is 1.58 bits per heavy atom. The average Bonchev–Trinajstić information content (AvgIpc) is 3.59. The molecule has 6 nitrogen and oxygen atoms in total. The molecule has 5 heterocycles. The second-order valence-corrected chi connectivity index (χ2v) is 8.35. The van der Waals surface area contributed by atoms with E-state index in [2.05, 4.69) is 16.4 Å². The summed E-state index contributed by atoms with van der Waals surface area (Å²) in [7, 11) is 0. The highest BCUT2D eigenvalue weighted by Crippen LogP contribution is 2.38. The van der Waals surface area contributed by atoms with Gasteiger partial charge in [0.25, 0.3) is 0 Å². The summed E-state index contributed by atoms with van der Waals surface area (Å²) in [5.74, 6) is -0.954. The molecular formula is C27H20N4O2. The number of allylic oxidation sites excluding steroid dienone is 5. The van der Waals surface area contributed by atoms with Crippen LogP contribution in [-0.2, 0) is 5.54 Å². The van der Waals surface area contributed by atoms with Gasteiger partial charge >= 0.3 is 5.97 Å². The highest BCUT2D eigenvalue weighted by Gasteiger charge is 2.37. The highest BCUT2D eigenvalue weighted by atomic mass is 16.4. The molecule has 0 saturated heterocycles. The summed E-state index contributed by atoms with van der Waals surface area (Å²) in [6, 6.07) is 11.2. The van der Waals surface area contributed by atoms with E-state index in [1.165, 1.54) is 0 Å². The fraction of sp³-hybridized carbons (Fsp3) is 0.0741. The third-order valence-electron chi connectivity index (χ3n) is 6.05. The van der Waals surface area contributed by atoms with Crippen molar-refractivity contribution < 1.29 is 9.90 Å². The molecule has 6 heteroatoms. The number of aliphatic imine (C=N–C) groups is 2. The SMILES string of the molecule is O=C(O)c1ccccc1C12C=C3C=CC(=N3)C=c3ccc([nH]3)=CC3=NC(=CC(=CC1)N2)C=C3. The van der Waals surface area contributed by atoms with E-state index in [-0.39, 0.29) is 5.56 Å². The number of aromatic carboxylic acids is 1. The van der Waals surface area contributed by atoms with Crippen molar-refractivity contribution in [2.75, 3.05) is 0 Å². The molecule has 0 fully saturated rings. The number of H-pyrrole nitrogens is 1. The quantitative estimate of drug-likeness (QED) is 0.682. The molecule has 1 unspecified atom stereocenters. The Balaban J connectivity index is 1.55. The number of benzene rings is 1. The number of nitrogens with zero attached hydrogens (tertiary/aromatic N) is 2. The van der Waals surface area contributed by atoms with Crippen LogP contribution < -0.4 is 16.0 Å². The van der Waals surface area contributed by atoms with Crippen molar-refractivity contribution in [3.63, 3.8) is 0 Å². The molecule has 4 aliphatic heterocycles. The lowest BCUT2D eigenvalue weighted by Crippen LogP contribution is -2.37. The summed E-state index contributed by atoms with van der Waals surface area (Å²) in [4.78, 5) is 24.9. The number of rotatable bonds is 2. The zero-order valence-corrected chi connectivity index (χ0v) is 17.6. The Kier molecular flexibility index (Phi) is 4.26. The zero-order chi connectivity index (χ0) is 22.4. The number of fused-ring (bicyclic) bond motifs is 6. The second kappa shape index (κ2) is 7.31. The van der Waals surface area contributed by atoms with Gasteiger partial charge in [0.15, 0.2) is 0 Å². The van der Waals surface area contributed by atoms with Crippen LogP contribution in [-0.4, -0.2) is 27.5 Å².